The van der Waals surface area contributed by atoms with Crippen molar-refractivity contribution in [1.82, 2.24) is 20.6 Å². The van der Waals surface area contributed by atoms with Crippen molar-refractivity contribution in [3.8, 4) is 11.5 Å². The Labute approximate surface area is 218 Å². The van der Waals surface area contributed by atoms with Crippen LogP contribution in [0.4, 0.5) is 15.9 Å². The molecular formula is C27H28FN5O3S. The van der Waals surface area contributed by atoms with E-state index in [9.17, 15) is 9.18 Å². The van der Waals surface area contributed by atoms with Gasteiger partial charge in [-0.3, -0.25) is 4.79 Å². The van der Waals surface area contributed by atoms with Crippen molar-refractivity contribution in [3.05, 3.63) is 70.6 Å². The molecular weight excluding hydrogens is 493 g/mol. The molecule has 2 aromatic carbocycles. The highest BCUT2D eigenvalue weighted by Crippen LogP contribution is 2.37. The summed E-state index contributed by atoms with van der Waals surface area (Å²) in [6, 6.07) is 11.9. The van der Waals surface area contributed by atoms with E-state index in [-0.39, 0.29) is 17.8 Å². The predicted octanol–water partition coefficient (Wildman–Crippen LogP) is 4.95. The minimum absolute atomic E-state index is 0.0367. The minimum atomic E-state index is -0.375. The molecule has 0 bridgehead atoms. The smallest absolute Gasteiger partial charge is 0.261 e. The molecule has 1 aliphatic rings. The molecule has 0 aliphatic carbocycles. The van der Waals surface area contributed by atoms with Gasteiger partial charge in [0, 0.05) is 19.2 Å². The van der Waals surface area contributed by atoms with Crippen molar-refractivity contribution < 1.29 is 18.7 Å². The quantitative estimate of drug-likeness (QED) is 0.302. The SMILES string of the molecule is COc1ccc(CNC(=O)c2sc3ncnc(Nc4ccc(F)cc4OC4CCCNC4)c3c2C)cc1. The summed E-state index contributed by atoms with van der Waals surface area (Å²) in [7, 11) is 1.62. The maximum Gasteiger partial charge on any atom is 0.261 e. The topological polar surface area (TPSA) is 97.4 Å². The molecule has 0 saturated carbocycles. The van der Waals surface area contributed by atoms with Crippen LogP contribution in [0.2, 0.25) is 0 Å². The van der Waals surface area contributed by atoms with E-state index in [1.165, 1.54) is 29.8 Å². The Morgan fingerprint density at radius 2 is 2.05 bits per heavy atom. The molecule has 1 amide bonds. The molecule has 1 unspecified atom stereocenters. The van der Waals surface area contributed by atoms with Crippen molar-refractivity contribution in [2.75, 3.05) is 25.5 Å². The zero-order chi connectivity index (χ0) is 25.8. The number of halogens is 1. The van der Waals surface area contributed by atoms with Crippen LogP contribution in [-0.2, 0) is 6.54 Å². The Morgan fingerprint density at radius 3 is 2.81 bits per heavy atom. The van der Waals surface area contributed by atoms with Gasteiger partial charge in [-0.05, 0) is 61.7 Å². The molecule has 5 rings (SSSR count). The summed E-state index contributed by atoms with van der Waals surface area (Å²) >= 11 is 1.31. The highest BCUT2D eigenvalue weighted by atomic mass is 32.1. The number of thiophene rings is 1. The molecule has 1 atom stereocenters. The van der Waals surface area contributed by atoms with Gasteiger partial charge in [-0.2, -0.15) is 0 Å². The molecule has 0 radical (unpaired) electrons. The van der Waals surface area contributed by atoms with E-state index in [2.05, 4.69) is 25.9 Å². The molecule has 10 heteroatoms. The van der Waals surface area contributed by atoms with Crippen LogP contribution in [-0.4, -0.2) is 42.2 Å². The monoisotopic (exact) mass is 521 g/mol. The van der Waals surface area contributed by atoms with E-state index in [1.807, 2.05) is 31.2 Å². The van der Waals surface area contributed by atoms with Crippen molar-refractivity contribution in [1.29, 1.82) is 0 Å². The number of carbonyl (C=O) groups excluding carboxylic acids is 1. The average Bonchev–Trinajstić information content (AvgIpc) is 3.27. The number of nitrogens with zero attached hydrogens (tertiary/aromatic N) is 2. The van der Waals surface area contributed by atoms with E-state index in [0.29, 0.717) is 40.1 Å². The fourth-order valence-corrected chi connectivity index (χ4v) is 5.38. The lowest BCUT2D eigenvalue weighted by molar-refractivity contribution is 0.0954. The molecule has 4 aromatic rings. The number of fused-ring (bicyclic) bond motifs is 1. The zero-order valence-electron chi connectivity index (χ0n) is 20.6. The van der Waals surface area contributed by atoms with Gasteiger partial charge in [0.25, 0.3) is 5.91 Å². The number of carbonyl (C=O) groups is 1. The third kappa shape index (κ3) is 5.65. The van der Waals surface area contributed by atoms with Gasteiger partial charge in [0.1, 0.15) is 40.4 Å². The van der Waals surface area contributed by atoms with E-state index in [0.717, 1.165) is 41.6 Å². The molecule has 1 fully saturated rings. The van der Waals surface area contributed by atoms with E-state index in [1.54, 1.807) is 13.2 Å². The highest BCUT2D eigenvalue weighted by molar-refractivity contribution is 7.20. The third-order valence-electron chi connectivity index (χ3n) is 6.29. The number of benzene rings is 2. The Balaban J connectivity index is 1.37. The molecule has 0 spiro atoms. The maximum absolute atomic E-state index is 14.1. The Kier molecular flexibility index (Phi) is 7.47. The lowest BCUT2D eigenvalue weighted by atomic mass is 10.1. The van der Waals surface area contributed by atoms with Gasteiger partial charge in [-0.15, -0.1) is 11.3 Å². The first-order chi connectivity index (χ1) is 18.0. The Hall–Kier alpha value is -3.76. The maximum atomic E-state index is 14.1. The number of hydrogen-bond donors (Lipinski definition) is 3. The van der Waals surface area contributed by atoms with Crippen molar-refractivity contribution in [2.45, 2.75) is 32.4 Å². The molecule has 8 nitrogen and oxygen atoms in total. The number of nitrogens with one attached hydrogen (secondary N) is 3. The number of ether oxygens (including phenoxy) is 2. The molecule has 37 heavy (non-hydrogen) atoms. The summed E-state index contributed by atoms with van der Waals surface area (Å²) in [5.41, 5.74) is 2.34. The van der Waals surface area contributed by atoms with Gasteiger partial charge in [0.2, 0.25) is 0 Å². The third-order valence-corrected chi connectivity index (χ3v) is 7.49. The number of aromatic nitrogens is 2. The van der Waals surface area contributed by atoms with Gasteiger partial charge < -0.3 is 25.4 Å². The largest absolute Gasteiger partial charge is 0.497 e. The fraction of sp³-hybridized carbons (Fsp3) is 0.296. The van der Waals surface area contributed by atoms with Crippen LogP contribution in [0.25, 0.3) is 10.2 Å². The van der Waals surface area contributed by atoms with Gasteiger partial charge in [-0.1, -0.05) is 12.1 Å². The second kappa shape index (κ2) is 11.1. The van der Waals surface area contributed by atoms with Gasteiger partial charge >= 0.3 is 0 Å². The van der Waals surface area contributed by atoms with Crippen LogP contribution >= 0.6 is 11.3 Å². The average molecular weight is 522 g/mol. The normalized spacial score (nSPS) is 15.4. The first kappa shape index (κ1) is 24.9. The molecule has 1 saturated heterocycles. The summed E-state index contributed by atoms with van der Waals surface area (Å²) < 4.78 is 25.4. The fourth-order valence-electron chi connectivity index (χ4n) is 4.31. The minimum Gasteiger partial charge on any atom is -0.497 e. The number of aryl methyl sites for hydroxylation is 1. The van der Waals surface area contributed by atoms with Crippen LogP contribution in [0.5, 0.6) is 11.5 Å². The number of piperidine rings is 1. The number of methoxy groups -OCH3 is 1. The Morgan fingerprint density at radius 1 is 1.22 bits per heavy atom. The van der Waals surface area contributed by atoms with Gasteiger partial charge in [0.15, 0.2) is 0 Å². The summed E-state index contributed by atoms with van der Waals surface area (Å²) in [4.78, 5) is 23.1. The van der Waals surface area contributed by atoms with E-state index >= 15 is 0 Å². The zero-order valence-corrected chi connectivity index (χ0v) is 21.5. The lowest BCUT2D eigenvalue weighted by Gasteiger charge is -2.25. The summed E-state index contributed by atoms with van der Waals surface area (Å²) in [6.07, 6.45) is 3.33. The lowest BCUT2D eigenvalue weighted by Crippen LogP contribution is -2.37. The van der Waals surface area contributed by atoms with Crippen LogP contribution in [0, 0.1) is 12.7 Å². The second-order valence-electron chi connectivity index (χ2n) is 8.84. The van der Waals surface area contributed by atoms with Crippen LogP contribution in [0.1, 0.15) is 33.6 Å². The van der Waals surface area contributed by atoms with Gasteiger partial charge in [-0.25, -0.2) is 14.4 Å². The number of rotatable bonds is 8. The van der Waals surface area contributed by atoms with E-state index in [4.69, 9.17) is 9.47 Å². The molecule has 1 aliphatic heterocycles. The van der Waals surface area contributed by atoms with Crippen LogP contribution in [0.3, 0.4) is 0 Å². The molecule has 3 heterocycles. The van der Waals surface area contributed by atoms with Crippen LogP contribution in [0.15, 0.2) is 48.8 Å². The number of hydrogen-bond acceptors (Lipinski definition) is 8. The van der Waals surface area contributed by atoms with Crippen LogP contribution < -0.4 is 25.4 Å². The molecule has 2 aromatic heterocycles. The van der Waals surface area contributed by atoms with Crippen molar-refractivity contribution in [2.24, 2.45) is 0 Å². The van der Waals surface area contributed by atoms with E-state index < -0.39 is 0 Å². The highest BCUT2D eigenvalue weighted by Gasteiger charge is 2.21. The number of anilines is 2. The predicted molar refractivity (Wildman–Crippen MR) is 143 cm³/mol. The summed E-state index contributed by atoms with van der Waals surface area (Å²) in [5, 5.41) is 10.3. The second-order valence-corrected chi connectivity index (χ2v) is 9.84. The Bertz CT molecular complexity index is 1400. The standard InChI is InChI=1S/C27H28FN5O3S/c1-16-23-25(33-21-10-7-18(28)12-22(21)36-20-4-3-11-29-14-20)31-15-32-27(23)37-24(16)26(34)30-13-17-5-8-19(35-2)9-6-17/h5-10,12,15,20,29H,3-4,11,13-14H2,1-2H3,(H,30,34)(H,31,32,33). The first-order valence-electron chi connectivity index (χ1n) is 12.1. The summed E-state index contributed by atoms with van der Waals surface area (Å²) in [6.45, 7) is 3.94. The van der Waals surface area contributed by atoms with Crippen molar-refractivity contribution in [3.63, 3.8) is 0 Å². The molecule has 192 valence electrons. The first-order valence-corrected chi connectivity index (χ1v) is 12.9. The number of amides is 1. The van der Waals surface area contributed by atoms with Gasteiger partial charge in [0.05, 0.1) is 23.1 Å². The summed E-state index contributed by atoms with van der Waals surface area (Å²) in [5.74, 6) is 1.16. The van der Waals surface area contributed by atoms with Crippen molar-refractivity contribution >= 4 is 39.0 Å². The molecule has 3 N–H and O–H groups in total.